The standard InChI is InChI=1S/C15H16Br2O3S/c1-8-9(6-14(16)21-8)15(17)10-5-12(19-3)13(20-4)7-11(10)18-2/h5-7,15H,1-4H3. The Balaban J connectivity index is 2.53. The van der Waals surface area contributed by atoms with E-state index in [1.807, 2.05) is 12.1 Å². The number of benzene rings is 1. The quantitative estimate of drug-likeness (QED) is 0.594. The minimum absolute atomic E-state index is 0.0230. The lowest BCUT2D eigenvalue weighted by Crippen LogP contribution is -2.00. The molecule has 0 radical (unpaired) electrons. The first-order valence-electron chi connectivity index (χ1n) is 6.21. The fourth-order valence-corrected chi connectivity index (χ4v) is 4.86. The fourth-order valence-electron chi connectivity index (χ4n) is 2.13. The minimum Gasteiger partial charge on any atom is -0.496 e. The van der Waals surface area contributed by atoms with Crippen molar-refractivity contribution in [2.24, 2.45) is 0 Å². The van der Waals surface area contributed by atoms with Crippen LogP contribution < -0.4 is 14.2 Å². The predicted octanol–water partition coefficient (Wildman–Crippen LogP) is 5.33. The Morgan fingerprint density at radius 3 is 1.95 bits per heavy atom. The summed E-state index contributed by atoms with van der Waals surface area (Å²) in [6.07, 6.45) is 0. The first kappa shape index (κ1) is 16.6. The number of aryl methyl sites for hydroxylation is 1. The highest BCUT2D eigenvalue weighted by Crippen LogP contribution is 2.45. The third kappa shape index (κ3) is 3.38. The molecule has 3 nitrogen and oxygen atoms in total. The van der Waals surface area contributed by atoms with Gasteiger partial charge in [0.15, 0.2) is 11.5 Å². The molecular weight excluding hydrogens is 420 g/mol. The van der Waals surface area contributed by atoms with Gasteiger partial charge in [-0.25, -0.2) is 0 Å². The van der Waals surface area contributed by atoms with E-state index in [9.17, 15) is 0 Å². The van der Waals surface area contributed by atoms with Crippen LogP contribution >= 0.6 is 43.2 Å². The van der Waals surface area contributed by atoms with Crippen LogP contribution in [0.5, 0.6) is 17.2 Å². The van der Waals surface area contributed by atoms with Crippen LogP contribution in [-0.4, -0.2) is 21.3 Å². The van der Waals surface area contributed by atoms with Crippen LogP contribution in [0.4, 0.5) is 0 Å². The van der Waals surface area contributed by atoms with Gasteiger partial charge in [0.25, 0.3) is 0 Å². The molecule has 0 saturated carbocycles. The molecule has 0 aliphatic rings. The molecule has 21 heavy (non-hydrogen) atoms. The van der Waals surface area contributed by atoms with Crippen molar-refractivity contribution in [3.05, 3.63) is 38.0 Å². The van der Waals surface area contributed by atoms with Crippen LogP contribution in [0.3, 0.4) is 0 Å². The van der Waals surface area contributed by atoms with Gasteiger partial charge in [0.05, 0.1) is 29.9 Å². The first-order chi connectivity index (χ1) is 10.0. The van der Waals surface area contributed by atoms with Crippen molar-refractivity contribution in [2.75, 3.05) is 21.3 Å². The lowest BCUT2D eigenvalue weighted by Gasteiger charge is -2.17. The molecule has 2 rings (SSSR count). The van der Waals surface area contributed by atoms with E-state index in [-0.39, 0.29) is 4.83 Å². The number of hydrogen-bond donors (Lipinski definition) is 0. The van der Waals surface area contributed by atoms with E-state index in [1.165, 1.54) is 10.4 Å². The van der Waals surface area contributed by atoms with Gasteiger partial charge in [-0.15, -0.1) is 11.3 Å². The zero-order valence-electron chi connectivity index (χ0n) is 12.2. The van der Waals surface area contributed by atoms with Crippen LogP contribution in [0.1, 0.15) is 20.8 Å². The molecule has 2 aromatic rings. The Hall–Kier alpha value is -0.720. The van der Waals surface area contributed by atoms with E-state index >= 15 is 0 Å². The van der Waals surface area contributed by atoms with Crippen molar-refractivity contribution < 1.29 is 14.2 Å². The molecule has 0 fully saturated rings. The van der Waals surface area contributed by atoms with Gasteiger partial charge >= 0.3 is 0 Å². The van der Waals surface area contributed by atoms with Crippen molar-refractivity contribution in [3.8, 4) is 17.2 Å². The Kier molecular flexibility index (Phi) is 5.57. The number of rotatable bonds is 5. The van der Waals surface area contributed by atoms with E-state index in [0.29, 0.717) is 11.5 Å². The summed E-state index contributed by atoms with van der Waals surface area (Å²) in [4.78, 5) is 1.27. The highest BCUT2D eigenvalue weighted by atomic mass is 79.9. The highest BCUT2D eigenvalue weighted by Gasteiger charge is 2.22. The highest BCUT2D eigenvalue weighted by molar-refractivity contribution is 9.11. The monoisotopic (exact) mass is 434 g/mol. The normalized spacial score (nSPS) is 12.1. The largest absolute Gasteiger partial charge is 0.496 e. The molecule has 1 unspecified atom stereocenters. The average Bonchev–Trinajstić information content (AvgIpc) is 2.83. The van der Waals surface area contributed by atoms with Crippen LogP contribution in [0.25, 0.3) is 0 Å². The van der Waals surface area contributed by atoms with Crippen molar-refractivity contribution in [1.29, 1.82) is 0 Å². The summed E-state index contributed by atoms with van der Waals surface area (Å²) in [5.74, 6) is 2.10. The van der Waals surface area contributed by atoms with Gasteiger partial charge in [-0.3, -0.25) is 0 Å². The maximum absolute atomic E-state index is 5.50. The van der Waals surface area contributed by atoms with Crippen LogP contribution in [0.2, 0.25) is 0 Å². The average molecular weight is 436 g/mol. The lowest BCUT2D eigenvalue weighted by atomic mass is 10.0. The van der Waals surface area contributed by atoms with E-state index in [2.05, 4.69) is 44.8 Å². The van der Waals surface area contributed by atoms with Crippen LogP contribution in [-0.2, 0) is 0 Å². The summed E-state index contributed by atoms with van der Waals surface area (Å²) in [6, 6.07) is 5.91. The van der Waals surface area contributed by atoms with E-state index in [1.54, 1.807) is 32.7 Å². The molecule has 0 N–H and O–H groups in total. The third-order valence-electron chi connectivity index (χ3n) is 3.21. The maximum atomic E-state index is 5.50. The predicted molar refractivity (Wildman–Crippen MR) is 93.6 cm³/mol. The van der Waals surface area contributed by atoms with E-state index in [4.69, 9.17) is 14.2 Å². The summed E-state index contributed by atoms with van der Waals surface area (Å²) >= 11 is 9.01. The van der Waals surface area contributed by atoms with Crippen molar-refractivity contribution in [2.45, 2.75) is 11.8 Å². The minimum atomic E-state index is 0.0230. The zero-order chi connectivity index (χ0) is 15.6. The number of thiophene rings is 1. The van der Waals surface area contributed by atoms with Crippen molar-refractivity contribution >= 4 is 43.2 Å². The van der Waals surface area contributed by atoms with Gasteiger partial charge in [0, 0.05) is 16.5 Å². The Morgan fingerprint density at radius 2 is 1.48 bits per heavy atom. The molecule has 0 amide bonds. The Labute approximate surface area is 145 Å². The number of halogens is 2. The van der Waals surface area contributed by atoms with E-state index < -0.39 is 0 Å². The summed E-state index contributed by atoms with van der Waals surface area (Å²) in [7, 11) is 4.90. The molecule has 1 heterocycles. The first-order valence-corrected chi connectivity index (χ1v) is 8.74. The number of methoxy groups -OCH3 is 3. The second kappa shape index (κ2) is 7.03. The molecule has 1 atom stereocenters. The number of alkyl halides is 1. The topological polar surface area (TPSA) is 27.7 Å². The Morgan fingerprint density at radius 1 is 0.905 bits per heavy atom. The van der Waals surface area contributed by atoms with Gasteiger partial charge in [-0.1, -0.05) is 15.9 Å². The molecular formula is C15H16Br2O3S. The SMILES string of the molecule is COc1cc(OC)c(C(Br)c2cc(Br)sc2C)cc1OC. The zero-order valence-corrected chi connectivity index (χ0v) is 16.2. The third-order valence-corrected chi connectivity index (χ3v) is 5.76. The lowest BCUT2D eigenvalue weighted by molar-refractivity contribution is 0.347. The van der Waals surface area contributed by atoms with Gasteiger partial charge < -0.3 is 14.2 Å². The summed E-state index contributed by atoms with van der Waals surface area (Å²) in [5.41, 5.74) is 2.21. The van der Waals surface area contributed by atoms with Crippen molar-refractivity contribution in [1.82, 2.24) is 0 Å². The fraction of sp³-hybridized carbons (Fsp3) is 0.333. The molecule has 114 valence electrons. The van der Waals surface area contributed by atoms with Crippen LogP contribution in [0.15, 0.2) is 22.0 Å². The van der Waals surface area contributed by atoms with Gasteiger partial charge in [-0.05, 0) is 40.5 Å². The molecule has 6 heteroatoms. The van der Waals surface area contributed by atoms with Gasteiger partial charge in [-0.2, -0.15) is 0 Å². The molecule has 0 bridgehead atoms. The smallest absolute Gasteiger partial charge is 0.164 e. The Bertz CT molecular complexity index is 640. The van der Waals surface area contributed by atoms with Gasteiger partial charge in [0.1, 0.15) is 5.75 Å². The summed E-state index contributed by atoms with van der Waals surface area (Å²) in [5, 5.41) is 0. The number of hydrogen-bond acceptors (Lipinski definition) is 4. The van der Waals surface area contributed by atoms with Crippen LogP contribution in [0, 0.1) is 6.92 Å². The molecule has 0 saturated heterocycles. The second-order valence-corrected chi connectivity index (χ2v) is 7.92. The van der Waals surface area contributed by atoms with Gasteiger partial charge in [0.2, 0.25) is 0 Å². The maximum Gasteiger partial charge on any atom is 0.164 e. The van der Waals surface area contributed by atoms with Crippen molar-refractivity contribution in [3.63, 3.8) is 0 Å². The molecule has 1 aromatic heterocycles. The second-order valence-electron chi connectivity index (χ2n) is 4.37. The summed E-state index contributed by atoms with van der Waals surface area (Å²) in [6.45, 7) is 2.10. The molecule has 1 aromatic carbocycles. The molecule has 0 aliphatic carbocycles. The molecule has 0 spiro atoms. The molecule has 0 aliphatic heterocycles. The summed E-state index contributed by atoms with van der Waals surface area (Å²) < 4.78 is 17.3. The number of ether oxygens (including phenoxy) is 3. The van der Waals surface area contributed by atoms with E-state index in [0.717, 1.165) is 15.1 Å².